The van der Waals surface area contributed by atoms with E-state index in [1.807, 2.05) is 6.07 Å². The van der Waals surface area contributed by atoms with Crippen molar-refractivity contribution in [2.24, 2.45) is 0 Å². The molecule has 1 N–H and O–H groups in total. The Labute approximate surface area is 125 Å². The first-order valence-electron chi connectivity index (χ1n) is 6.62. The van der Waals surface area contributed by atoms with E-state index in [9.17, 15) is 0 Å². The molecule has 0 fully saturated rings. The molecule has 2 nitrogen and oxygen atoms in total. The van der Waals surface area contributed by atoms with Crippen molar-refractivity contribution in [3.63, 3.8) is 0 Å². The summed E-state index contributed by atoms with van der Waals surface area (Å²) in [6, 6.07) is 16.0. The Balaban J connectivity index is 2.07. The Morgan fingerprint density at radius 3 is 2.45 bits per heavy atom. The molecule has 0 unspecified atom stereocenters. The van der Waals surface area contributed by atoms with E-state index in [4.69, 9.17) is 16.9 Å². The molecule has 0 spiro atoms. The van der Waals surface area contributed by atoms with Gasteiger partial charge in [0.25, 0.3) is 0 Å². The van der Waals surface area contributed by atoms with Gasteiger partial charge in [0.05, 0.1) is 11.3 Å². The molecule has 0 heterocycles. The fourth-order valence-corrected chi connectivity index (χ4v) is 2.15. The van der Waals surface area contributed by atoms with Gasteiger partial charge >= 0.3 is 0 Å². The van der Waals surface area contributed by atoms with E-state index in [1.54, 1.807) is 12.1 Å². The summed E-state index contributed by atoms with van der Waals surface area (Å²) in [5.74, 6) is 0.540. The molecule has 0 amide bonds. The molecular formula is C17H17ClN2. The zero-order valence-electron chi connectivity index (χ0n) is 11.7. The zero-order valence-corrected chi connectivity index (χ0v) is 12.4. The molecule has 20 heavy (non-hydrogen) atoms. The summed E-state index contributed by atoms with van der Waals surface area (Å²) in [5.41, 5.74) is 3.90. The van der Waals surface area contributed by atoms with Crippen molar-refractivity contribution in [3.8, 4) is 6.07 Å². The fourth-order valence-electron chi connectivity index (χ4n) is 1.98. The second-order valence-corrected chi connectivity index (χ2v) is 5.49. The quantitative estimate of drug-likeness (QED) is 0.862. The van der Waals surface area contributed by atoms with Gasteiger partial charge in [-0.2, -0.15) is 5.26 Å². The lowest BCUT2D eigenvalue weighted by molar-refractivity contribution is 0.865. The van der Waals surface area contributed by atoms with Gasteiger partial charge in [-0.05, 0) is 35.2 Å². The van der Waals surface area contributed by atoms with Gasteiger partial charge < -0.3 is 5.32 Å². The Hall–Kier alpha value is -1.98. The van der Waals surface area contributed by atoms with Gasteiger partial charge in [-0.15, -0.1) is 0 Å². The standard InChI is InChI=1S/C17H17ClN2/c1-12(2)14-5-3-13(4-6-14)11-20-17-8-7-16(18)9-15(17)10-19/h3-9,12,20H,11H2,1-2H3. The summed E-state index contributed by atoms with van der Waals surface area (Å²) < 4.78 is 0. The van der Waals surface area contributed by atoms with Crippen LogP contribution in [0.3, 0.4) is 0 Å². The van der Waals surface area contributed by atoms with Crippen LogP contribution in [0.25, 0.3) is 0 Å². The van der Waals surface area contributed by atoms with Gasteiger partial charge in [-0.1, -0.05) is 49.7 Å². The van der Waals surface area contributed by atoms with Crippen molar-refractivity contribution in [1.82, 2.24) is 0 Å². The normalized spacial score (nSPS) is 10.3. The molecule has 0 aliphatic carbocycles. The van der Waals surface area contributed by atoms with Crippen LogP contribution in [0, 0.1) is 11.3 Å². The molecule has 0 aromatic heterocycles. The van der Waals surface area contributed by atoms with Crippen molar-refractivity contribution in [2.75, 3.05) is 5.32 Å². The van der Waals surface area contributed by atoms with E-state index in [2.05, 4.69) is 49.5 Å². The average molecular weight is 285 g/mol. The first-order valence-corrected chi connectivity index (χ1v) is 7.00. The summed E-state index contributed by atoms with van der Waals surface area (Å²) >= 11 is 5.88. The minimum Gasteiger partial charge on any atom is -0.380 e. The summed E-state index contributed by atoms with van der Waals surface area (Å²) in [5, 5.41) is 12.9. The topological polar surface area (TPSA) is 35.8 Å². The summed E-state index contributed by atoms with van der Waals surface area (Å²) in [6.45, 7) is 5.05. The summed E-state index contributed by atoms with van der Waals surface area (Å²) in [6.07, 6.45) is 0. The minimum atomic E-state index is 0.540. The lowest BCUT2D eigenvalue weighted by Gasteiger charge is -2.10. The van der Waals surface area contributed by atoms with Gasteiger partial charge in [0.1, 0.15) is 6.07 Å². The fraction of sp³-hybridized carbons (Fsp3) is 0.235. The molecule has 0 radical (unpaired) electrons. The van der Waals surface area contributed by atoms with Crippen molar-refractivity contribution in [2.45, 2.75) is 26.3 Å². The Kier molecular flexibility index (Phi) is 4.65. The maximum Gasteiger partial charge on any atom is 0.101 e. The largest absolute Gasteiger partial charge is 0.380 e. The Morgan fingerprint density at radius 2 is 1.85 bits per heavy atom. The highest BCUT2D eigenvalue weighted by Gasteiger charge is 2.03. The van der Waals surface area contributed by atoms with Crippen LogP contribution < -0.4 is 5.32 Å². The molecule has 0 aliphatic heterocycles. The summed E-state index contributed by atoms with van der Waals surface area (Å²) in [4.78, 5) is 0. The highest BCUT2D eigenvalue weighted by atomic mass is 35.5. The SMILES string of the molecule is CC(C)c1ccc(CNc2ccc(Cl)cc2C#N)cc1. The molecular weight excluding hydrogens is 268 g/mol. The highest BCUT2D eigenvalue weighted by molar-refractivity contribution is 6.30. The molecule has 2 aromatic carbocycles. The lowest BCUT2D eigenvalue weighted by atomic mass is 10.0. The predicted molar refractivity (Wildman–Crippen MR) is 84.0 cm³/mol. The monoisotopic (exact) mass is 284 g/mol. The number of halogens is 1. The predicted octanol–water partition coefficient (Wildman–Crippen LogP) is 4.95. The second-order valence-electron chi connectivity index (χ2n) is 5.05. The number of nitrogens with one attached hydrogen (secondary N) is 1. The molecule has 0 bridgehead atoms. The van der Waals surface area contributed by atoms with Crippen LogP contribution in [-0.2, 0) is 6.54 Å². The van der Waals surface area contributed by atoms with Gasteiger partial charge in [0.2, 0.25) is 0 Å². The third-order valence-electron chi connectivity index (χ3n) is 3.23. The van der Waals surface area contributed by atoms with E-state index < -0.39 is 0 Å². The maximum atomic E-state index is 9.09. The Morgan fingerprint density at radius 1 is 1.15 bits per heavy atom. The molecule has 0 saturated heterocycles. The zero-order chi connectivity index (χ0) is 14.5. The smallest absolute Gasteiger partial charge is 0.101 e. The number of hydrogen-bond donors (Lipinski definition) is 1. The third kappa shape index (κ3) is 3.53. The van der Waals surface area contributed by atoms with Crippen LogP contribution in [-0.4, -0.2) is 0 Å². The summed E-state index contributed by atoms with van der Waals surface area (Å²) in [7, 11) is 0. The minimum absolute atomic E-state index is 0.540. The maximum absolute atomic E-state index is 9.09. The van der Waals surface area contributed by atoms with Crippen molar-refractivity contribution in [1.29, 1.82) is 5.26 Å². The molecule has 102 valence electrons. The number of benzene rings is 2. The van der Waals surface area contributed by atoms with Crippen LogP contribution in [0.15, 0.2) is 42.5 Å². The molecule has 2 aromatic rings. The van der Waals surface area contributed by atoms with Crippen LogP contribution in [0.4, 0.5) is 5.69 Å². The van der Waals surface area contributed by atoms with Gasteiger partial charge in [-0.25, -0.2) is 0 Å². The van der Waals surface area contributed by atoms with Crippen molar-refractivity contribution >= 4 is 17.3 Å². The van der Waals surface area contributed by atoms with Crippen LogP contribution in [0.5, 0.6) is 0 Å². The van der Waals surface area contributed by atoms with Crippen LogP contribution in [0.1, 0.15) is 36.5 Å². The first-order chi connectivity index (χ1) is 9.60. The number of hydrogen-bond acceptors (Lipinski definition) is 2. The van der Waals surface area contributed by atoms with Crippen LogP contribution in [0.2, 0.25) is 5.02 Å². The molecule has 3 heteroatoms. The number of nitrogens with zero attached hydrogens (tertiary/aromatic N) is 1. The van der Waals surface area contributed by atoms with Gasteiger partial charge in [0, 0.05) is 11.6 Å². The number of anilines is 1. The van der Waals surface area contributed by atoms with Gasteiger partial charge in [0.15, 0.2) is 0 Å². The van der Waals surface area contributed by atoms with Crippen LogP contribution >= 0.6 is 11.6 Å². The van der Waals surface area contributed by atoms with E-state index >= 15 is 0 Å². The second kappa shape index (κ2) is 6.45. The molecule has 2 rings (SSSR count). The number of nitriles is 1. The average Bonchev–Trinajstić information content (AvgIpc) is 2.46. The van der Waals surface area contributed by atoms with E-state index in [0.717, 1.165) is 5.69 Å². The Bertz CT molecular complexity index is 624. The molecule has 0 saturated carbocycles. The lowest BCUT2D eigenvalue weighted by Crippen LogP contribution is -2.01. The van der Waals surface area contributed by atoms with Crippen molar-refractivity contribution < 1.29 is 0 Å². The van der Waals surface area contributed by atoms with Crippen molar-refractivity contribution in [3.05, 3.63) is 64.2 Å². The van der Waals surface area contributed by atoms with E-state index in [1.165, 1.54) is 11.1 Å². The molecule has 0 aliphatic rings. The first kappa shape index (κ1) is 14.4. The van der Waals surface area contributed by atoms with E-state index in [-0.39, 0.29) is 0 Å². The number of rotatable bonds is 4. The van der Waals surface area contributed by atoms with Gasteiger partial charge in [-0.3, -0.25) is 0 Å². The van der Waals surface area contributed by atoms with E-state index in [0.29, 0.717) is 23.0 Å². The third-order valence-corrected chi connectivity index (χ3v) is 3.47. The highest BCUT2D eigenvalue weighted by Crippen LogP contribution is 2.21. The molecule has 0 atom stereocenters.